The zero-order valence-electron chi connectivity index (χ0n) is 12.3. The second kappa shape index (κ2) is 6.46. The highest BCUT2D eigenvalue weighted by atomic mass is 16.4. The van der Waals surface area contributed by atoms with Crippen LogP contribution in [0, 0.1) is 5.41 Å². The van der Waals surface area contributed by atoms with E-state index in [1.807, 2.05) is 0 Å². The second-order valence-electron chi connectivity index (χ2n) is 5.45. The third kappa shape index (κ3) is 3.55. The maximum atomic E-state index is 12.0. The van der Waals surface area contributed by atoms with Gasteiger partial charge in [0, 0.05) is 24.8 Å². The lowest BCUT2D eigenvalue weighted by Crippen LogP contribution is -2.41. The van der Waals surface area contributed by atoms with Crippen LogP contribution in [0.4, 0.5) is 16.2 Å². The maximum absolute atomic E-state index is 12.0. The second-order valence-corrected chi connectivity index (χ2v) is 5.45. The lowest BCUT2D eigenvalue weighted by molar-refractivity contribution is -0.157. The van der Waals surface area contributed by atoms with Crippen LogP contribution in [0.2, 0.25) is 0 Å². The van der Waals surface area contributed by atoms with Gasteiger partial charge in [-0.1, -0.05) is 12.5 Å². The minimum atomic E-state index is -0.915. The molecule has 0 radical (unpaired) electrons. The number of anilines is 2. The van der Waals surface area contributed by atoms with Gasteiger partial charge in [0.15, 0.2) is 0 Å². The van der Waals surface area contributed by atoms with Crippen molar-refractivity contribution in [2.45, 2.75) is 25.7 Å². The molecule has 0 heterocycles. The van der Waals surface area contributed by atoms with Crippen LogP contribution in [-0.2, 0) is 9.59 Å². The number of rotatable bonds is 5. The summed E-state index contributed by atoms with van der Waals surface area (Å²) in [5.74, 6) is -1.25. The lowest BCUT2D eigenvalue weighted by atomic mass is 9.66. The summed E-state index contributed by atoms with van der Waals surface area (Å²) in [6.07, 6.45) is 1.88. The molecule has 1 aliphatic carbocycles. The first-order valence-electron chi connectivity index (χ1n) is 7.07. The fourth-order valence-electron chi connectivity index (χ4n) is 2.45. The summed E-state index contributed by atoms with van der Waals surface area (Å²) in [5.41, 5.74) is 0.134. The zero-order valence-corrected chi connectivity index (χ0v) is 12.3. The first kappa shape index (κ1) is 15.8. The first-order valence-corrected chi connectivity index (χ1v) is 7.07. The normalized spacial score (nSPS) is 15.3. The van der Waals surface area contributed by atoms with E-state index < -0.39 is 11.4 Å². The molecule has 4 N–H and O–H groups in total. The molecule has 22 heavy (non-hydrogen) atoms. The number of amides is 3. The van der Waals surface area contributed by atoms with Crippen molar-refractivity contribution in [2.75, 3.05) is 17.7 Å². The summed E-state index contributed by atoms with van der Waals surface area (Å²) in [6.45, 7) is 0. The van der Waals surface area contributed by atoms with E-state index in [1.54, 1.807) is 24.3 Å². The van der Waals surface area contributed by atoms with E-state index in [0.29, 0.717) is 24.2 Å². The number of aliphatic carboxylic acids is 1. The van der Waals surface area contributed by atoms with Crippen LogP contribution in [0.3, 0.4) is 0 Å². The molecule has 2 rings (SSSR count). The molecule has 118 valence electrons. The molecule has 0 spiro atoms. The van der Waals surface area contributed by atoms with Crippen molar-refractivity contribution in [2.24, 2.45) is 5.41 Å². The van der Waals surface area contributed by atoms with Crippen molar-refractivity contribution in [3.05, 3.63) is 24.3 Å². The molecule has 0 atom stereocenters. The van der Waals surface area contributed by atoms with Gasteiger partial charge in [0.2, 0.25) is 5.91 Å². The van der Waals surface area contributed by atoms with Gasteiger partial charge in [-0.2, -0.15) is 0 Å². The molecule has 1 aromatic rings. The molecule has 1 aliphatic rings. The van der Waals surface area contributed by atoms with Gasteiger partial charge < -0.3 is 21.1 Å². The highest BCUT2D eigenvalue weighted by molar-refractivity contribution is 5.96. The smallest absolute Gasteiger partial charge is 0.318 e. The third-order valence-corrected chi connectivity index (χ3v) is 3.89. The molecule has 7 heteroatoms. The number of carboxylic acid groups (broad SMARTS) is 1. The van der Waals surface area contributed by atoms with Crippen LogP contribution >= 0.6 is 0 Å². The predicted molar refractivity (Wildman–Crippen MR) is 81.7 cm³/mol. The molecular formula is C15H19N3O4. The number of nitrogens with one attached hydrogen (secondary N) is 3. The summed E-state index contributed by atoms with van der Waals surface area (Å²) in [7, 11) is 1.50. The molecule has 0 bridgehead atoms. The average molecular weight is 305 g/mol. The van der Waals surface area contributed by atoms with Gasteiger partial charge in [-0.3, -0.25) is 9.59 Å². The van der Waals surface area contributed by atoms with Crippen LogP contribution in [-0.4, -0.2) is 30.1 Å². The van der Waals surface area contributed by atoms with Gasteiger partial charge in [-0.25, -0.2) is 4.79 Å². The van der Waals surface area contributed by atoms with Crippen molar-refractivity contribution < 1.29 is 19.5 Å². The number of carbonyl (C=O) groups is 3. The van der Waals surface area contributed by atoms with Crippen LogP contribution in [0.15, 0.2) is 24.3 Å². The molecule has 3 amide bonds. The molecule has 1 saturated carbocycles. The Balaban J connectivity index is 1.98. The van der Waals surface area contributed by atoms with E-state index in [-0.39, 0.29) is 18.4 Å². The summed E-state index contributed by atoms with van der Waals surface area (Å²) in [4.78, 5) is 34.6. The molecule has 0 unspecified atom stereocenters. The maximum Gasteiger partial charge on any atom is 0.318 e. The number of carbonyl (C=O) groups excluding carboxylic acids is 2. The molecule has 1 aromatic carbocycles. The fraction of sp³-hybridized carbons (Fsp3) is 0.400. The van der Waals surface area contributed by atoms with Crippen LogP contribution in [0.25, 0.3) is 0 Å². The Morgan fingerprint density at radius 1 is 1.18 bits per heavy atom. The summed E-state index contributed by atoms with van der Waals surface area (Å²) in [6, 6.07) is 6.32. The average Bonchev–Trinajstić information content (AvgIpc) is 2.42. The summed E-state index contributed by atoms with van der Waals surface area (Å²) >= 11 is 0. The van der Waals surface area contributed by atoms with E-state index in [2.05, 4.69) is 16.0 Å². The Labute approximate surface area is 128 Å². The summed E-state index contributed by atoms with van der Waals surface area (Å²) < 4.78 is 0. The number of hydrogen-bond acceptors (Lipinski definition) is 3. The van der Waals surface area contributed by atoms with Crippen molar-refractivity contribution in [3.8, 4) is 0 Å². The van der Waals surface area contributed by atoms with Crippen LogP contribution in [0.1, 0.15) is 25.7 Å². The van der Waals surface area contributed by atoms with Crippen molar-refractivity contribution in [3.63, 3.8) is 0 Å². The molecular weight excluding hydrogens is 286 g/mol. The number of urea groups is 1. The standard InChI is InChI=1S/C15H19N3O4/c1-16-14(22)18-11-5-2-4-10(8-11)17-12(19)9-15(13(20)21)6-3-7-15/h2,4-5,8H,3,6-7,9H2,1H3,(H,17,19)(H,20,21)(H2,16,18,22). The van der Waals surface area contributed by atoms with Crippen LogP contribution in [0.5, 0.6) is 0 Å². The molecule has 7 nitrogen and oxygen atoms in total. The Hall–Kier alpha value is -2.57. The topological polar surface area (TPSA) is 108 Å². The predicted octanol–water partition coefficient (Wildman–Crippen LogP) is 2.02. The van der Waals surface area contributed by atoms with Gasteiger partial charge in [0.25, 0.3) is 0 Å². The van der Waals surface area contributed by atoms with Gasteiger partial charge in [-0.15, -0.1) is 0 Å². The van der Waals surface area contributed by atoms with Crippen molar-refractivity contribution >= 4 is 29.3 Å². The number of hydrogen-bond donors (Lipinski definition) is 4. The molecule has 0 saturated heterocycles. The van der Waals surface area contributed by atoms with E-state index >= 15 is 0 Å². The SMILES string of the molecule is CNC(=O)Nc1cccc(NC(=O)CC2(C(=O)O)CCC2)c1. The molecule has 0 aromatic heterocycles. The minimum Gasteiger partial charge on any atom is -0.481 e. The Kier molecular flexibility index (Phi) is 4.65. The lowest BCUT2D eigenvalue weighted by Gasteiger charge is -2.36. The van der Waals surface area contributed by atoms with Crippen molar-refractivity contribution in [1.82, 2.24) is 5.32 Å². The Morgan fingerprint density at radius 2 is 1.82 bits per heavy atom. The van der Waals surface area contributed by atoms with Gasteiger partial charge in [0.1, 0.15) is 0 Å². The van der Waals surface area contributed by atoms with Crippen molar-refractivity contribution in [1.29, 1.82) is 0 Å². The molecule has 1 fully saturated rings. The van der Waals surface area contributed by atoms with E-state index in [1.165, 1.54) is 7.05 Å². The third-order valence-electron chi connectivity index (χ3n) is 3.89. The fourth-order valence-corrected chi connectivity index (χ4v) is 2.45. The first-order chi connectivity index (χ1) is 10.4. The monoisotopic (exact) mass is 305 g/mol. The minimum absolute atomic E-state index is 0.0323. The highest BCUT2D eigenvalue weighted by Crippen LogP contribution is 2.44. The van der Waals surface area contributed by atoms with Gasteiger partial charge in [0.05, 0.1) is 5.41 Å². The largest absolute Gasteiger partial charge is 0.481 e. The van der Waals surface area contributed by atoms with Crippen LogP contribution < -0.4 is 16.0 Å². The summed E-state index contributed by atoms with van der Waals surface area (Å²) in [5, 5.41) is 16.9. The Bertz CT molecular complexity index is 596. The van der Waals surface area contributed by atoms with Gasteiger partial charge in [-0.05, 0) is 31.0 Å². The van der Waals surface area contributed by atoms with E-state index in [4.69, 9.17) is 0 Å². The van der Waals surface area contributed by atoms with E-state index in [9.17, 15) is 19.5 Å². The highest BCUT2D eigenvalue weighted by Gasteiger charge is 2.45. The molecule has 0 aliphatic heterocycles. The quantitative estimate of drug-likeness (QED) is 0.667. The van der Waals surface area contributed by atoms with Gasteiger partial charge >= 0.3 is 12.0 Å². The Morgan fingerprint density at radius 3 is 2.32 bits per heavy atom. The van der Waals surface area contributed by atoms with E-state index in [0.717, 1.165) is 6.42 Å². The number of benzene rings is 1. The number of carboxylic acids is 1. The zero-order chi connectivity index (χ0) is 16.2.